The summed E-state index contributed by atoms with van der Waals surface area (Å²) in [5.41, 5.74) is 2.61. The van der Waals surface area contributed by atoms with Gasteiger partial charge in [0.15, 0.2) is 0 Å². The Morgan fingerprint density at radius 1 is 1.20 bits per heavy atom. The van der Waals surface area contributed by atoms with E-state index in [-0.39, 0.29) is 17.7 Å². The van der Waals surface area contributed by atoms with Crippen molar-refractivity contribution in [1.82, 2.24) is 4.90 Å². The van der Waals surface area contributed by atoms with Crippen molar-refractivity contribution in [3.8, 4) is 0 Å². The Balaban J connectivity index is 1.55. The van der Waals surface area contributed by atoms with Gasteiger partial charge >= 0.3 is 0 Å². The Morgan fingerprint density at radius 3 is 2.60 bits per heavy atom. The van der Waals surface area contributed by atoms with Crippen molar-refractivity contribution in [2.24, 2.45) is 5.92 Å². The minimum Gasteiger partial charge on any atom is -0.472 e. The maximum absolute atomic E-state index is 12.5. The standard InChI is InChI=1S/C20H24N2O3/c1-14(2)16-4-3-5-18(12-16)21-19(23)15-6-9-22(10-7-15)20(24)17-8-11-25-13-17/h3-5,8,11-15H,6-7,9-10H2,1-2H3,(H,21,23). The van der Waals surface area contributed by atoms with Gasteiger partial charge in [0, 0.05) is 24.7 Å². The van der Waals surface area contributed by atoms with Crippen molar-refractivity contribution >= 4 is 17.5 Å². The quantitative estimate of drug-likeness (QED) is 0.918. The number of likely N-dealkylation sites (tertiary alicyclic amines) is 1. The summed E-state index contributed by atoms with van der Waals surface area (Å²) in [7, 11) is 0. The van der Waals surface area contributed by atoms with Crippen LogP contribution in [0.15, 0.2) is 47.3 Å². The van der Waals surface area contributed by atoms with Gasteiger partial charge in [0.05, 0.1) is 11.8 Å². The zero-order chi connectivity index (χ0) is 17.8. The Kier molecular flexibility index (Phi) is 5.22. The van der Waals surface area contributed by atoms with Gasteiger partial charge in [-0.1, -0.05) is 26.0 Å². The second kappa shape index (κ2) is 7.55. The highest BCUT2D eigenvalue weighted by Crippen LogP contribution is 2.23. The highest BCUT2D eigenvalue weighted by molar-refractivity contribution is 5.95. The molecule has 1 saturated heterocycles. The molecule has 3 rings (SSSR count). The molecule has 0 radical (unpaired) electrons. The lowest BCUT2D eigenvalue weighted by molar-refractivity contribution is -0.121. The number of furan rings is 1. The number of benzene rings is 1. The Labute approximate surface area is 148 Å². The van der Waals surface area contributed by atoms with Crippen LogP contribution in [0.4, 0.5) is 5.69 Å². The smallest absolute Gasteiger partial charge is 0.257 e. The summed E-state index contributed by atoms with van der Waals surface area (Å²) in [6.07, 6.45) is 4.32. The molecule has 2 amide bonds. The van der Waals surface area contributed by atoms with Crippen LogP contribution in [0.2, 0.25) is 0 Å². The van der Waals surface area contributed by atoms with Crippen LogP contribution in [0.25, 0.3) is 0 Å². The molecule has 0 bridgehead atoms. The van der Waals surface area contributed by atoms with Gasteiger partial charge in [0.2, 0.25) is 5.91 Å². The number of hydrogen-bond donors (Lipinski definition) is 1. The molecule has 2 heterocycles. The summed E-state index contributed by atoms with van der Waals surface area (Å²) in [6, 6.07) is 9.65. The van der Waals surface area contributed by atoms with E-state index in [1.807, 2.05) is 18.2 Å². The molecule has 1 aromatic heterocycles. The fourth-order valence-electron chi connectivity index (χ4n) is 3.13. The van der Waals surface area contributed by atoms with Gasteiger partial charge in [-0.2, -0.15) is 0 Å². The lowest BCUT2D eigenvalue weighted by Gasteiger charge is -2.31. The predicted molar refractivity (Wildman–Crippen MR) is 96.5 cm³/mol. The third-order valence-electron chi connectivity index (χ3n) is 4.74. The number of piperidine rings is 1. The van der Waals surface area contributed by atoms with E-state index in [0.29, 0.717) is 37.4 Å². The SMILES string of the molecule is CC(C)c1cccc(NC(=O)C2CCN(C(=O)c3ccoc3)CC2)c1. The summed E-state index contributed by atoms with van der Waals surface area (Å²) < 4.78 is 4.97. The van der Waals surface area contributed by atoms with Crippen molar-refractivity contribution in [2.45, 2.75) is 32.6 Å². The molecule has 0 atom stereocenters. The monoisotopic (exact) mass is 340 g/mol. The van der Waals surface area contributed by atoms with Gasteiger partial charge in [-0.25, -0.2) is 0 Å². The van der Waals surface area contributed by atoms with Crippen LogP contribution in [-0.2, 0) is 4.79 Å². The second-order valence-electron chi connectivity index (χ2n) is 6.85. The maximum Gasteiger partial charge on any atom is 0.257 e. The molecule has 0 unspecified atom stereocenters. The van der Waals surface area contributed by atoms with Crippen LogP contribution in [0.3, 0.4) is 0 Å². The molecule has 0 aliphatic carbocycles. The van der Waals surface area contributed by atoms with E-state index in [2.05, 4.69) is 25.2 Å². The molecule has 1 N–H and O–H groups in total. The summed E-state index contributed by atoms with van der Waals surface area (Å²) in [4.78, 5) is 26.6. The lowest BCUT2D eigenvalue weighted by atomic mass is 9.95. The molecule has 1 aromatic carbocycles. The van der Waals surface area contributed by atoms with E-state index in [9.17, 15) is 9.59 Å². The minimum absolute atomic E-state index is 0.0303. The molecule has 0 saturated carbocycles. The van der Waals surface area contributed by atoms with Crippen LogP contribution in [0.1, 0.15) is 48.5 Å². The van der Waals surface area contributed by atoms with Gasteiger partial charge in [-0.05, 0) is 42.5 Å². The average Bonchev–Trinajstić information content (AvgIpc) is 3.16. The van der Waals surface area contributed by atoms with Crippen molar-refractivity contribution in [2.75, 3.05) is 18.4 Å². The number of carbonyl (C=O) groups excluding carboxylic acids is 2. The van der Waals surface area contributed by atoms with Gasteiger partial charge in [-0.3, -0.25) is 9.59 Å². The first-order chi connectivity index (χ1) is 12.0. The molecule has 25 heavy (non-hydrogen) atoms. The molecule has 5 heteroatoms. The number of anilines is 1. The average molecular weight is 340 g/mol. The molecular formula is C20H24N2O3. The van der Waals surface area contributed by atoms with E-state index >= 15 is 0 Å². The highest BCUT2D eigenvalue weighted by atomic mass is 16.3. The Hall–Kier alpha value is -2.56. The van der Waals surface area contributed by atoms with Crippen molar-refractivity contribution < 1.29 is 14.0 Å². The fraction of sp³-hybridized carbons (Fsp3) is 0.400. The second-order valence-corrected chi connectivity index (χ2v) is 6.85. The van der Waals surface area contributed by atoms with E-state index in [1.54, 1.807) is 11.0 Å². The van der Waals surface area contributed by atoms with E-state index in [0.717, 1.165) is 5.69 Å². The van der Waals surface area contributed by atoms with Gasteiger partial charge in [-0.15, -0.1) is 0 Å². The molecule has 5 nitrogen and oxygen atoms in total. The maximum atomic E-state index is 12.5. The zero-order valence-electron chi connectivity index (χ0n) is 14.7. The highest BCUT2D eigenvalue weighted by Gasteiger charge is 2.28. The number of amides is 2. The van der Waals surface area contributed by atoms with Crippen LogP contribution in [-0.4, -0.2) is 29.8 Å². The first kappa shape index (κ1) is 17.3. The van der Waals surface area contributed by atoms with Gasteiger partial charge in [0.1, 0.15) is 6.26 Å². The number of hydrogen-bond acceptors (Lipinski definition) is 3. The normalized spacial score (nSPS) is 15.4. The summed E-state index contributed by atoms with van der Waals surface area (Å²) >= 11 is 0. The van der Waals surface area contributed by atoms with Crippen LogP contribution < -0.4 is 5.32 Å². The third-order valence-corrected chi connectivity index (χ3v) is 4.74. The van der Waals surface area contributed by atoms with E-state index in [4.69, 9.17) is 4.42 Å². The van der Waals surface area contributed by atoms with Crippen molar-refractivity contribution in [1.29, 1.82) is 0 Å². The summed E-state index contributed by atoms with van der Waals surface area (Å²) in [5.74, 6) is 0.374. The molecule has 132 valence electrons. The number of carbonyl (C=O) groups is 2. The largest absolute Gasteiger partial charge is 0.472 e. The molecule has 1 fully saturated rings. The summed E-state index contributed by atoms with van der Waals surface area (Å²) in [6.45, 7) is 5.45. The Morgan fingerprint density at radius 2 is 1.96 bits per heavy atom. The van der Waals surface area contributed by atoms with E-state index < -0.39 is 0 Å². The minimum atomic E-state index is -0.0592. The zero-order valence-corrected chi connectivity index (χ0v) is 14.7. The van der Waals surface area contributed by atoms with Crippen molar-refractivity contribution in [3.63, 3.8) is 0 Å². The van der Waals surface area contributed by atoms with Gasteiger partial charge in [0.25, 0.3) is 5.91 Å². The van der Waals surface area contributed by atoms with Crippen molar-refractivity contribution in [3.05, 3.63) is 54.0 Å². The van der Waals surface area contributed by atoms with Crippen LogP contribution >= 0.6 is 0 Å². The fourth-order valence-corrected chi connectivity index (χ4v) is 3.13. The molecule has 0 spiro atoms. The third kappa shape index (κ3) is 4.10. The lowest BCUT2D eigenvalue weighted by Crippen LogP contribution is -2.41. The molecular weight excluding hydrogens is 316 g/mol. The number of nitrogens with one attached hydrogen (secondary N) is 1. The first-order valence-electron chi connectivity index (χ1n) is 8.77. The van der Waals surface area contributed by atoms with E-state index in [1.165, 1.54) is 18.1 Å². The van der Waals surface area contributed by atoms with Crippen LogP contribution in [0, 0.1) is 5.92 Å². The van der Waals surface area contributed by atoms with Gasteiger partial charge < -0.3 is 14.6 Å². The number of rotatable bonds is 4. The summed E-state index contributed by atoms with van der Waals surface area (Å²) in [5, 5.41) is 3.02. The number of nitrogens with zero attached hydrogens (tertiary/aromatic N) is 1. The van der Waals surface area contributed by atoms with Crippen LogP contribution in [0.5, 0.6) is 0 Å². The molecule has 1 aliphatic heterocycles. The topological polar surface area (TPSA) is 62.6 Å². The first-order valence-corrected chi connectivity index (χ1v) is 8.77. The molecule has 1 aliphatic rings. The Bertz CT molecular complexity index is 729. The predicted octanol–water partition coefficient (Wildman–Crippen LogP) is 3.89. The molecule has 2 aromatic rings.